The van der Waals surface area contributed by atoms with Gasteiger partial charge in [-0.3, -0.25) is 4.99 Å². The van der Waals surface area contributed by atoms with Gasteiger partial charge in [-0.2, -0.15) is 0 Å². The fourth-order valence-corrected chi connectivity index (χ4v) is 4.58. The van der Waals surface area contributed by atoms with Crippen LogP contribution in [0.15, 0.2) is 77.8 Å². The molecule has 0 N–H and O–H groups in total. The first-order valence-electron chi connectivity index (χ1n) is 15.3. The van der Waals surface area contributed by atoms with E-state index in [1.807, 2.05) is 66.9 Å². The summed E-state index contributed by atoms with van der Waals surface area (Å²) in [5.74, 6) is 1.33. The number of carbonyl (C=O) groups excluding carboxylic acids is 1. The molecule has 3 aromatic rings. The van der Waals surface area contributed by atoms with E-state index in [4.69, 9.17) is 14.2 Å². The fraction of sp³-hybridized carbons (Fsp3) is 0.444. The van der Waals surface area contributed by atoms with Crippen LogP contribution < -0.4 is 9.47 Å². The first-order valence-corrected chi connectivity index (χ1v) is 15.3. The minimum absolute atomic E-state index is 0.343. The Morgan fingerprint density at radius 1 is 0.659 bits per heavy atom. The highest BCUT2D eigenvalue weighted by Gasteiger charge is 2.05. The van der Waals surface area contributed by atoms with Crippen molar-refractivity contribution in [3.63, 3.8) is 0 Å². The molecule has 0 saturated heterocycles. The lowest BCUT2D eigenvalue weighted by molar-refractivity contribution is 0.0600. The molecule has 0 heterocycles. The average molecular weight is 558 g/mol. The molecule has 0 aromatic heterocycles. The van der Waals surface area contributed by atoms with E-state index in [0.29, 0.717) is 12.2 Å². The molecule has 0 radical (unpaired) electrons. The number of carbonyl (C=O) groups is 1. The van der Waals surface area contributed by atoms with Crippen molar-refractivity contribution in [2.75, 3.05) is 13.7 Å². The van der Waals surface area contributed by atoms with Crippen molar-refractivity contribution < 1.29 is 19.0 Å². The Balaban J connectivity index is 1.27. The number of hydrogen-bond donors (Lipinski definition) is 0. The van der Waals surface area contributed by atoms with Crippen LogP contribution in [0.1, 0.15) is 105 Å². The average Bonchev–Trinajstić information content (AvgIpc) is 3.02. The van der Waals surface area contributed by atoms with Gasteiger partial charge in [0.15, 0.2) is 0 Å². The molecule has 220 valence electrons. The van der Waals surface area contributed by atoms with Gasteiger partial charge in [0.25, 0.3) is 0 Å². The number of methoxy groups -OCH3 is 1. The smallest absolute Gasteiger partial charge is 0.337 e. The molecule has 3 aromatic carbocycles. The molecule has 0 spiro atoms. The van der Waals surface area contributed by atoms with E-state index in [-0.39, 0.29) is 5.97 Å². The highest BCUT2D eigenvalue weighted by atomic mass is 16.5. The summed E-state index contributed by atoms with van der Waals surface area (Å²) < 4.78 is 16.5. The van der Waals surface area contributed by atoms with Gasteiger partial charge in [0.05, 0.1) is 25.0 Å². The van der Waals surface area contributed by atoms with Crippen molar-refractivity contribution >= 4 is 17.9 Å². The van der Waals surface area contributed by atoms with Crippen LogP contribution in [-0.4, -0.2) is 25.9 Å². The summed E-state index contributed by atoms with van der Waals surface area (Å²) >= 11 is 0. The second-order valence-electron chi connectivity index (χ2n) is 10.5. The number of rotatable bonds is 20. The van der Waals surface area contributed by atoms with Crippen molar-refractivity contribution in [2.24, 2.45) is 4.99 Å². The Bertz CT molecular complexity index is 1140. The maximum Gasteiger partial charge on any atom is 0.337 e. The largest absolute Gasteiger partial charge is 0.494 e. The molecular weight excluding hydrogens is 510 g/mol. The standard InChI is InChI=1S/C36H47NO4/c1-3-4-5-6-7-8-9-10-11-12-13-14-27-40-34-25-21-33(22-26-34)37-28-30-17-23-35(24-18-30)41-29-31-15-19-32(20-16-31)36(38)39-2/h15-26,28H,3-14,27,29H2,1-2H3. The summed E-state index contributed by atoms with van der Waals surface area (Å²) in [5, 5.41) is 0. The first kappa shape index (κ1) is 31.9. The van der Waals surface area contributed by atoms with Crippen LogP contribution in [-0.2, 0) is 11.3 Å². The second-order valence-corrected chi connectivity index (χ2v) is 10.5. The van der Waals surface area contributed by atoms with Gasteiger partial charge in [-0.1, -0.05) is 89.7 Å². The quantitative estimate of drug-likeness (QED) is 0.0788. The minimum Gasteiger partial charge on any atom is -0.494 e. The number of nitrogens with zero attached hydrogens (tertiary/aromatic N) is 1. The van der Waals surface area contributed by atoms with E-state index in [1.165, 1.54) is 77.7 Å². The van der Waals surface area contributed by atoms with Crippen LogP contribution in [0, 0.1) is 0 Å². The molecule has 0 aliphatic rings. The number of hydrogen-bond acceptors (Lipinski definition) is 5. The van der Waals surface area contributed by atoms with Crippen LogP contribution in [0.4, 0.5) is 5.69 Å². The topological polar surface area (TPSA) is 57.1 Å². The van der Waals surface area contributed by atoms with Gasteiger partial charge in [0.1, 0.15) is 18.1 Å². The van der Waals surface area contributed by atoms with Gasteiger partial charge >= 0.3 is 5.97 Å². The van der Waals surface area contributed by atoms with Crippen LogP contribution >= 0.6 is 0 Å². The predicted octanol–water partition coefficient (Wildman–Crippen LogP) is 9.88. The van der Waals surface area contributed by atoms with E-state index < -0.39 is 0 Å². The summed E-state index contributed by atoms with van der Waals surface area (Å²) in [4.78, 5) is 16.1. The van der Waals surface area contributed by atoms with E-state index in [1.54, 1.807) is 12.1 Å². The Hall–Kier alpha value is -3.60. The van der Waals surface area contributed by atoms with E-state index in [2.05, 4.69) is 11.9 Å². The second kappa shape index (κ2) is 19.5. The number of ether oxygens (including phenoxy) is 3. The molecule has 0 unspecified atom stereocenters. The van der Waals surface area contributed by atoms with Crippen LogP contribution in [0.25, 0.3) is 0 Å². The van der Waals surface area contributed by atoms with E-state index in [0.717, 1.165) is 41.3 Å². The van der Waals surface area contributed by atoms with Crippen molar-refractivity contribution in [1.29, 1.82) is 0 Å². The summed E-state index contributed by atoms with van der Waals surface area (Å²) in [6, 6.07) is 23.0. The SMILES string of the molecule is CCCCCCCCCCCCCCOc1ccc(N=Cc2ccc(OCc3ccc(C(=O)OC)cc3)cc2)cc1. The van der Waals surface area contributed by atoms with Gasteiger partial charge < -0.3 is 14.2 Å². The number of unbranched alkanes of at least 4 members (excludes halogenated alkanes) is 11. The van der Waals surface area contributed by atoms with Crippen molar-refractivity contribution in [3.8, 4) is 11.5 Å². The summed E-state index contributed by atoms with van der Waals surface area (Å²) in [6.45, 7) is 3.47. The lowest BCUT2D eigenvalue weighted by Crippen LogP contribution is -2.02. The van der Waals surface area contributed by atoms with Crippen molar-refractivity contribution in [1.82, 2.24) is 0 Å². The lowest BCUT2D eigenvalue weighted by atomic mass is 10.1. The number of benzene rings is 3. The van der Waals surface area contributed by atoms with Gasteiger partial charge in [-0.15, -0.1) is 0 Å². The van der Waals surface area contributed by atoms with Gasteiger partial charge in [-0.25, -0.2) is 4.79 Å². The lowest BCUT2D eigenvalue weighted by Gasteiger charge is -2.07. The molecular formula is C36H47NO4. The molecule has 5 nitrogen and oxygen atoms in total. The molecule has 41 heavy (non-hydrogen) atoms. The van der Waals surface area contributed by atoms with Crippen molar-refractivity contribution in [2.45, 2.75) is 90.6 Å². The summed E-state index contributed by atoms with van der Waals surface area (Å²) in [5.41, 5.74) is 3.38. The Morgan fingerprint density at radius 2 is 1.20 bits per heavy atom. The molecule has 0 bridgehead atoms. The third kappa shape index (κ3) is 13.1. The Labute approximate surface area is 247 Å². The van der Waals surface area contributed by atoms with Crippen LogP contribution in [0.3, 0.4) is 0 Å². The normalized spacial score (nSPS) is 11.1. The van der Waals surface area contributed by atoms with Crippen LogP contribution in [0.2, 0.25) is 0 Å². The predicted molar refractivity (Wildman–Crippen MR) is 169 cm³/mol. The molecule has 3 rings (SSSR count). The van der Waals surface area contributed by atoms with E-state index in [9.17, 15) is 4.79 Å². The molecule has 0 saturated carbocycles. The maximum absolute atomic E-state index is 11.5. The molecule has 0 aliphatic carbocycles. The third-order valence-corrected chi connectivity index (χ3v) is 7.13. The van der Waals surface area contributed by atoms with Crippen LogP contribution in [0.5, 0.6) is 11.5 Å². The zero-order valence-electron chi connectivity index (χ0n) is 25.0. The fourth-order valence-electron chi connectivity index (χ4n) is 4.58. The summed E-state index contributed by atoms with van der Waals surface area (Å²) in [6.07, 6.45) is 18.0. The minimum atomic E-state index is -0.343. The Kier molecular flexibility index (Phi) is 15.2. The first-order chi connectivity index (χ1) is 20.2. The Morgan fingerprint density at radius 3 is 1.78 bits per heavy atom. The molecule has 0 fully saturated rings. The van der Waals surface area contributed by atoms with Crippen molar-refractivity contribution in [3.05, 3.63) is 89.5 Å². The molecule has 0 amide bonds. The van der Waals surface area contributed by atoms with Gasteiger partial charge in [0.2, 0.25) is 0 Å². The molecule has 5 heteroatoms. The molecule has 0 aliphatic heterocycles. The zero-order chi connectivity index (χ0) is 29.0. The van der Waals surface area contributed by atoms with Gasteiger partial charge in [0, 0.05) is 6.21 Å². The van der Waals surface area contributed by atoms with Gasteiger partial charge in [-0.05, 0) is 78.2 Å². The number of aliphatic imine (C=N–C) groups is 1. The highest BCUT2D eigenvalue weighted by Crippen LogP contribution is 2.20. The monoisotopic (exact) mass is 557 g/mol. The maximum atomic E-state index is 11.5. The number of esters is 1. The highest BCUT2D eigenvalue weighted by molar-refractivity contribution is 5.89. The zero-order valence-corrected chi connectivity index (χ0v) is 25.0. The molecule has 0 atom stereocenters. The summed E-state index contributed by atoms with van der Waals surface area (Å²) in [7, 11) is 1.38. The third-order valence-electron chi connectivity index (χ3n) is 7.13. The van der Waals surface area contributed by atoms with E-state index >= 15 is 0 Å².